The molecular formula is C18H31IN4O3S2. The Morgan fingerprint density at radius 2 is 2.04 bits per heavy atom. The largest absolute Gasteiger partial charge is 0.381 e. The monoisotopic (exact) mass is 542 g/mol. The summed E-state index contributed by atoms with van der Waals surface area (Å²) in [5.41, 5.74) is 0. The summed E-state index contributed by atoms with van der Waals surface area (Å²) in [7, 11) is -1.46. The maximum Gasteiger partial charge on any atom is 0.191 e. The smallest absolute Gasteiger partial charge is 0.191 e. The Bertz CT molecular complexity index is 726. The zero-order valence-corrected chi connectivity index (χ0v) is 20.5. The highest BCUT2D eigenvalue weighted by molar-refractivity contribution is 14.0. The number of halogens is 1. The van der Waals surface area contributed by atoms with Gasteiger partial charge in [0.25, 0.3) is 0 Å². The number of hydrogen-bond donors (Lipinski definition) is 2. The Kier molecular flexibility index (Phi) is 8.83. The van der Waals surface area contributed by atoms with Gasteiger partial charge in [0.05, 0.1) is 9.75 Å². The minimum absolute atomic E-state index is 0. The van der Waals surface area contributed by atoms with Crippen LogP contribution in [0.1, 0.15) is 25.7 Å². The highest BCUT2D eigenvalue weighted by Gasteiger charge is 2.42. The van der Waals surface area contributed by atoms with Gasteiger partial charge >= 0.3 is 0 Å². The number of sulfone groups is 1. The van der Waals surface area contributed by atoms with E-state index in [0.29, 0.717) is 44.6 Å². The standard InChI is InChI=1S/C18H30N4O3S2.HI/c1-19-17(20-14-18(27(2,23)24)7-11-25-12-8-18)21-15-5-9-22(10-6-15)16-4-3-13-26-16;/h3-4,13,15H,5-12,14H2,1-2H3,(H2,19,20,21);1H. The Labute approximate surface area is 189 Å². The summed E-state index contributed by atoms with van der Waals surface area (Å²) in [6.45, 7) is 3.37. The fourth-order valence-corrected chi connectivity index (χ4v) is 5.78. The van der Waals surface area contributed by atoms with Crippen molar-refractivity contribution in [1.82, 2.24) is 10.6 Å². The van der Waals surface area contributed by atoms with Crippen molar-refractivity contribution in [3.8, 4) is 0 Å². The first-order valence-electron chi connectivity index (χ1n) is 9.46. The van der Waals surface area contributed by atoms with Crippen LogP contribution in [0.3, 0.4) is 0 Å². The molecule has 2 aliphatic rings. The summed E-state index contributed by atoms with van der Waals surface area (Å²) in [4.78, 5) is 6.72. The lowest BCUT2D eigenvalue weighted by molar-refractivity contribution is 0.0756. The molecule has 2 N–H and O–H groups in total. The third kappa shape index (κ3) is 5.73. The second-order valence-corrected chi connectivity index (χ2v) is 10.7. The number of rotatable bonds is 5. The first kappa shape index (κ1) is 23.7. The minimum atomic E-state index is -3.19. The van der Waals surface area contributed by atoms with Gasteiger partial charge in [0.15, 0.2) is 15.8 Å². The Morgan fingerprint density at radius 1 is 1.36 bits per heavy atom. The summed E-state index contributed by atoms with van der Waals surface area (Å²) in [6.07, 6.45) is 4.44. The molecule has 2 aliphatic heterocycles. The molecule has 2 saturated heterocycles. The molecule has 0 atom stereocenters. The number of nitrogens with one attached hydrogen (secondary N) is 2. The maximum absolute atomic E-state index is 12.4. The van der Waals surface area contributed by atoms with Crippen LogP contribution in [0.4, 0.5) is 5.00 Å². The van der Waals surface area contributed by atoms with Crippen molar-refractivity contribution >= 4 is 56.1 Å². The molecule has 10 heteroatoms. The topological polar surface area (TPSA) is 83.0 Å². The van der Waals surface area contributed by atoms with Gasteiger partial charge in [0.1, 0.15) is 0 Å². The van der Waals surface area contributed by atoms with Crippen molar-refractivity contribution in [2.75, 3.05) is 51.1 Å². The van der Waals surface area contributed by atoms with E-state index in [0.717, 1.165) is 25.9 Å². The number of ether oxygens (including phenoxy) is 1. The van der Waals surface area contributed by atoms with Crippen LogP contribution in [-0.2, 0) is 14.6 Å². The van der Waals surface area contributed by atoms with Gasteiger partial charge in [-0.2, -0.15) is 0 Å². The van der Waals surface area contributed by atoms with Gasteiger partial charge < -0.3 is 20.3 Å². The zero-order chi connectivity index (χ0) is 19.3. The Morgan fingerprint density at radius 3 is 2.57 bits per heavy atom. The van der Waals surface area contributed by atoms with E-state index in [-0.39, 0.29) is 24.0 Å². The fourth-order valence-electron chi connectivity index (χ4n) is 3.75. The molecule has 2 fully saturated rings. The summed E-state index contributed by atoms with van der Waals surface area (Å²) in [5, 5.41) is 10.2. The molecule has 0 radical (unpaired) electrons. The average Bonchev–Trinajstić information content (AvgIpc) is 3.20. The lowest BCUT2D eigenvalue weighted by Crippen LogP contribution is -2.55. The number of guanidine groups is 1. The van der Waals surface area contributed by atoms with E-state index < -0.39 is 14.6 Å². The first-order valence-corrected chi connectivity index (χ1v) is 12.2. The molecule has 0 saturated carbocycles. The normalized spacial score (nSPS) is 21.1. The third-order valence-corrected chi connectivity index (χ3v) is 8.70. The second kappa shape index (κ2) is 10.4. The molecule has 0 aliphatic carbocycles. The predicted molar refractivity (Wildman–Crippen MR) is 127 cm³/mol. The van der Waals surface area contributed by atoms with Crippen molar-refractivity contribution in [2.45, 2.75) is 36.5 Å². The van der Waals surface area contributed by atoms with E-state index in [1.807, 2.05) is 0 Å². The van der Waals surface area contributed by atoms with Crippen molar-refractivity contribution in [1.29, 1.82) is 0 Å². The lowest BCUT2D eigenvalue weighted by atomic mass is 9.99. The van der Waals surface area contributed by atoms with E-state index in [4.69, 9.17) is 4.74 Å². The fraction of sp³-hybridized carbons (Fsp3) is 0.722. The van der Waals surface area contributed by atoms with Crippen molar-refractivity contribution in [2.24, 2.45) is 4.99 Å². The minimum Gasteiger partial charge on any atom is -0.381 e. The van der Waals surface area contributed by atoms with E-state index in [9.17, 15) is 8.42 Å². The van der Waals surface area contributed by atoms with Crippen molar-refractivity contribution in [3.05, 3.63) is 17.5 Å². The van der Waals surface area contributed by atoms with E-state index in [1.54, 1.807) is 18.4 Å². The van der Waals surface area contributed by atoms with Crippen molar-refractivity contribution in [3.63, 3.8) is 0 Å². The Hall–Kier alpha value is -0.590. The second-order valence-electron chi connectivity index (χ2n) is 7.35. The SMILES string of the molecule is CN=C(NCC1(S(C)(=O)=O)CCOCC1)NC1CCN(c2cccs2)CC1.I. The molecule has 0 amide bonds. The molecule has 28 heavy (non-hydrogen) atoms. The zero-order valence-electron chi connectivity index (χ0n) is 16.5. The highest BCUT2D eigenvalue weighted by atomic mass is 127. The summed E-state index contributed by atoms with van der Waals surface area (Å²) >= 11 is 1.78. The van der Waals surface area contributed by atoms with Crippen molar-refractivity contribution < 1.29 is 13.2 Å². The van der Waals surface area contributed by atoms with Gasteiger partial charge in [-0.15, -0.1) is 35.3 Å². The Balaban J connectivity index is 0.00000280. The van der Waals surface area contributed by atoms with Crippen LogP contribution in [0.5, 0.6) is 0 Å². The van der Waals surface area contributed by atoms with Gasteiger partial charge in [-0.3, -0.25) is 4.99 Å². The summed E-state index contributed by atoms with van der Waals surface area (Å²) in [6, 6.07) is 4.60. The van der Waals surface area contributed by atoms with Gasteiger partial charge in [-0.05, 0) is 43.2 Å². The van der Waals surface area contributed by atoms with Crippen LogP contribution in [0.2, 0.25) is 0 Å². The molecule has 3 heterocycles. The highest BCUT2D eigenvalue weighted by Crippen LogP contribution is 2.28. The van der Waals surface area contributed by atoms with Gasteiger partial charge in [-0.25, -0.2) is 8.42 Å². The lowest BCUT2D eigenvalue weighted by Gasteiger charge is -2.37. The number of thiophene rings is 1. The van der Waals surface area contributed by atoms with Crippen LogP contribution in [0, 0.1) is 0 Å². The summed E-state index contributed by atoms with van der Waals surface area (Å²) < 4.78 is 29.4. The molecular weight excluding hydrogens is 511 g/mol. The van der Waals surface area contributed by atoms with E-state index in [2.05, 4.69) is 38.0 Å². The van der Waals surface area contributed by atoms with Crippen LogP contribution in [0.15, 0.2) is 22.5 Å². The molecule has 7 nitrogen and oxygen atoms in total. The molecule has 160 valence electrons. The van der Waals surface area contributed by atoms with Crippen LogP contribution >= 0.6 is 35.3 Å². The molecule has 0 bridgehead atoms. The van der Waals surface area contributed by atoms with Crippen LogP contribution in [0.25, 0.3) is 0 Å². The van der Waals surface area contributed by atoms with Crippen LogP contribution < -0.4 is 15.5 Å². The molecule has 0 unspecified atom stereocenters. The molecule has 1 aromatic heterocycles. The quantitative estimate of drug-likeness (QED) is 0.337. The maximum atomic E-state index is 12.4. The predicted octanol–water partition coefficient (Wildman–Crippen LogP) is 2.09. The third-order valence-electron chi connectivity index (χ3n) is 5.65. The number of nitrogens with zero attached hydrogens (tertiary/aromatic N) is 2. The summed E-state index contributed by atoms with van der Waals surface area (Å²) in [5.74, 6) is 0.680. The number of hydrogen-bond acceptors (Lipinski definition) is 6. The molecule has 1 aromatic rings. The molecule has 3 rings (SSSR count). The van der Waals surface area contributed by atoms with E-state index >= 15 is 0 Å². The first-order chi connectivity index (χ1) is 12.9. The molecule has 0 aromatic carbocycles. The molecule has 0 spiro atoms. The van der Waals surface area contributed by atoms with Crippen LogP contribution in [-0.4, -0.2) is 71.3 Å². The van der Waals surface area contributed by atoms with Gasteiger partial charge in [0, 0.05) is 52.2 Å². The van der Waals surface area contributed by atoms with Gasteiger partial charge in [0.2, 0.25) is 0 Å². The number of anilines is 1. The number of piperidine rings is 1. The number of aliphatic imine (C=N–C) groups is 1. The van der Waals surface area contributed by atoms with Gasteiger partial charge in [-0.1, -0.05) is 0 Å². The average molecular weight is 543 g/mol. The van der Waals surface area contributed by atoms with E-state index in [1.165, 1.54) is 11.3 Å².